The van der Waals surface area contributed by atoms with Crippen LogP contribution in [-0.2, 0) is 74.3 Å². The number of cyclic esters (lactones) is 2. The van der Waals surface area contributed by atoms with E-state index in [0.29, 0.717) is 110 Å². The fourth-order valence-corrected chi connectivity index (χ4v) is 21.3. The van der Waals surface area contributed by atoms with Gasteiger partial charge in [-0.1, -0.05) is 137 Å². The van der Waals surface area contributed by atoms with Gasteiger partial charge in [-0.05, 0) is 145 Å². The van der Waals surface area contributed by atoms with Crippen molar-refractivity contribution in [1.29, 1.82) is 0 Å². The van der Waals surface area contributed by atoms with Crippen LogP contribution in [0.1, 0.15) is 204 Å². The van der Waals surface area contributed by atoms with E-state index < -0.39 is 101 Å². The third kappa shape index (κ3) is 19.3. The minimum atomic E-state index is -3.86. The normalized spacial score (nSPS) is 28.4. The zero-order valence-corrected chi connectivity index (χ0v) is 69.5. The Balaban J connectivity index is 0.000000185. The van der Waals surface area contributed by atoms with E-state index in [1.54, 1.807) is 24.0 Å². The van der Waals surface area contributed by atoms with Crippen molar-refractivity contribution in [2.75, 3.05) is 40.5 Å². The number of carbonyl (C=O) groups is 8. The number of ether oxygens (including phenoxy) is 6. The number of esters is 2. The molecule has 16 rings (SSSR count). The van der Waals surface area contributed by atoms with Gasteiger partial charge in [0.05, 0.1) is 109 Å². The molecule has 26 heteroatoms. The summed E-state index contributed by atoms with van der Waals surface area (Å²) in [6.45, 7) is 2.71. The molecule has 628 valence electrons. The Kier molecular flexibility index (Phi) is 25.6. The van der Waals surface area contributed by atoms with Crippen LogP contribution in [0.4, 0.5) is 0 Å². The van der Waals surface area contributed by atoms with Crippen LogP contribution in [0.25, 0.3) is 50.4 Å². The first-order valence-electron chi connectivity index (χ1n) is 42.9. The lowest BCUT2D eigenvalue weighted by atomic mass is 9.90. The molecule has 4 amide bonds. The van der Waals surface area contributed by atoms with Gasteiger partial charge in [-0.15, -0.1) is 0 Å². The van der Waals surface area contributed by atoms with E-state index in [0.717, 1.165) is 123 Å². The molecule has 2 N–H and O–H groups in total. The number of Topliss-reactive ketones (excluding diaryl/α,β-unsaturated/α-hetero) is 2. The number of hydrogen-bond acceptors (Lipinski definition) is 20. The van der Waals surface area contributed by atoms with E-state index in [-0.39, 0.29) is 106 Å². The molecule has 6 aliphatic heterocycles. The highest BCUT2D eigenvalue weighted by molar-refractivity contribution is 7.91. The van der Waals surface area contributed by atoms with Crippen LogP contribution in [-0.4, -0.2) is 159 Å². The third-order valence-electron chi connectivity index (χ3n) is 25.9. The van der Waals surface area contributed by atoms with E-state index in [2.05, 4.69) is 28.5 Å². The fourth-order valence-electron chi connectivity index (χ4n) is 18.6. The molecular weight excluding hydrogens is 1540 g/mol. The number of fused-ring (bicyclic) bond motifs is 8. The van der Waals surface area contributed by atoms with Crippen molar-refractivity contribution in [2.24, 2.45) is 40.4 Å². The molecule has 6 aromatic rings. The first kappa shape index (κ1) is 83.5. The fraction of sp³-hybridized carbons (Fsp3) is 0.543. The first-order valence-corrected chi connectivity index (χ1v) is 46.0. The summed E-state index contributed by atoms with van der Waals surface area (Å²) >= 11 is 0. The maximum Gasteiger partial charge on any atom is 0.306 e. The lowest BCUT2D eigenvalue weighted by molar-refractivity contribution is -0.151. The molecule has 118 heavy (non-hydrogen) atoms. The average molecular weight is 1650 g/mol. The van der Waals surface area contributed by atoms with Gasteiger partial charge in [-0.3, -0.25) is 47.8 Å². The Bertz CT molecular complexity index is 5090. The number of amides is 4. The quantitative estimate of drug-likeness (QED) is 0.0950. The number of carbonyl (C=O) groups excluding carboxylic acids is 8. The van der Waals surface area contributed by atoms with Crippen molar-refractivity contribution >= 4 is 95.1 Å². The minimum absolute atomic E-state index is 0.0762. The van der Waals surface area contributed by atoms with Gasteiger partial charge in [0.25, 0.3) is 0 Å². The Morgan fingerprint density at radius 2 is 1.04 bits per heavy atom. The highest BCUT2D eigenvalue weighted by atomic mass is 32.2. The van der Waals surface area contributed by atoms with Crippen molar-refractivity contribution in [2.45, 2.75) is 234 Å². The molecule has 4 aliphatic carbocycles. The van der Waals surface area contributed by atoms with Crippen molar-refractivity contribution in [1.82, 2.24) is 29.2 Å². The monoisotopic (exact) mass is 1650 g/mol. The topological polar surface area (TPSA) is 317 Å². The summed E-state index contributed by atoms with van der Waals surface area (Å²) in [4.78, 5) is 127. The summed E-state index contributed by atoms with van der Waals surface area (Å²) in [5.74, 6) is -2.66. The Morgan fingerprint density at radius 3 is 1.62 bits per heavy atom. The van der Waals surface area contributed by atoms with Gasteiger partial charge >= 0.3 is 11.9 Å². The van der Waals surface area contributed by atoms with Crippen molar-refractivity contribution in [3.8, 4) is 45.5 Å². The van der Waals surface area contributed by atoms with Crippen LogP contribution in [0.5, 0.6) is 23.0 Å². The van der Waals surface area contributed by atoms with E-state index >= 15 is 0 Å². The molecule has 8 heterocycles. The van der Waals surface area contributed by atoms with Crippen LogP contribution in [0.2, 0.25) is 0 Å². The number of sulfonamides is 2. The summed E-state index contributed by atoms with van der Waals surface area (Å²) in [6, 6.07) is 29.3. The summed E-state index contributed by atoms with van der Waals surface area (Å²) in [7, 11) is -4.42. The van der Waals surface area contributed by atoms with Gasteiger partial charge in [-0.25, -0.2) is 26.8 Å². The molecule has 10 bridgehead atoms. The highest BCUT2D eigenvalue weighted by Gasteiger charge is 2.64. The van der Waals surface area contributed by atoms with Gasteiger partial charge in [0.15, 0.2) is 11.6 Å². The minimum Gasteiger partial charge on any atom is -0.496 e. The predicted molar refractivity (Wildman–Crippen MR) is 445 cm³/mol. The van der Waals surface area contributed by atoms with E-state index in [4.69, 9.17) is 38.4 Å². The number of nitrogens with one attached hydrogen (secondary N) is 2. The number of nitrogens with zero attached hydrogens (tertiary/aromatic N) is 4. The van der Waals surface area contributed by atoms with Crippen molar-refractivity contribution < 1.29 is 83.6 Å². The molecule has 0 radical (unpaired) electrons. The number of pyridine rings is 2. The summed E-state index contributed by atoms with van der Waals surface area (Å²) in [5, 5.41) is 0.354. The lowest BCUT2D eigenvalue weighted by Crippen LogP contribution is -2.46. The van der Waals surface area contributed by atoms with Crippen molar-refractivity contribution in [3.05, 3.63) is 126 Å². The molecule has 24 nitrogen and oxygen atoms in total. The number of methoxy groups -OCH3 is 2. The zero-order valence-electron chi connectivity index (χ0n) is 67.9. The average Bonchev–Trinajstić information content (AvgIpc) is 1.57. The summed E-state index contributed by atoms with van der Waals surface area (Å²) in [5.41, 5.74) is 3.92. The summed E-state index contributed by atoms with van der Waals surface area (Å²) in [6.07, 6.45) is 23.0. The second-order valence-electron chi connectivity index (χ2n) is 34.7. The van der Waals surface area contributed by atoms with Crippen LogP contribution in [0.3, 0.4) is 0 Å². The van der Waals surface area contributed by atoms with Crippen LogP contribution in [0.15, 0.2) is 115 Å². The number of ketones is 2. The SMILES string of the molecule is COc1cc2nc(-c3ccccc3)cc3c2cc1/C=C/CCCCOC(=O)C[C@H]1CCCCC/C=C\[C@@H]2C[C@@]2(C(=O)NS(=O)(=O)C2CC2)CC(=O)[C@@H]2C[C@H](CN2C1=O)O3.COc1cc2nc(-c3ccccc3)cc3c2cc1CCC[C@@H](C)COC(=O)C[C@H]1CCCCCCC[C@@H]2C[C@@]2(C(=O)NS(=O)(=O)C2CC2)CC(=O)[C@@H]2C[C@H](CN2C1=O)O3. The Hall–Kier alpha value is -9.56. The number of allylic oxidation sites excluding steroid dienone is 3. The zero-order chi connectivity index (χ0) is 82.5. The molecule has 4 aromatic carbocycles. The molecule has 7 fully saturated rings. The smallest absolute Gasteiger partial charge is 0.306 e. The molecule has 11 atom stereocenters. The number of aryl methyl sites for hydroxylation is 1. The molecule has 2 aromatic heterocycles. The van der Waals surface area contributed by atoms with Gasteiger partial charge in [0.2, 0.25) is 43.7 Å². The van der Waals surface area contributed by atoms with Crippen LogP contribution < -0.4 is 28.4 Å². The largest absolute Gasteiger partial charge is 0.496 e. The third-order valence-corrected chi connectivity index (χ3v) is 29.6. The lowest BCUT2D eigenvalue weighted by Gasteiger charge is -2.29. The number of rotatable bonds is 10. The molecule has 4 saturated carbocycles. The molecule has 0 unspecified atom stereocenters. The van der Waals surface area contributed by atoms with Gasteiger partial charge in [0, 0.05) is 89.2 Å². The van der Waals surface area contributed by atoms with Gasteiger partial charge in [-0.2, -0.15) is 0 Å². The Morgan fingerprint density at radius 1 is 0.534 bits per heavy atom. The molecule has 3 saturated heterocycles. The second kappa shape index (κ2) is 36.2. The second-order valence-corrected chi connectivity index (χ2v) is 38.6. The van der Waals surface area contributed by atoms with E-state index in [1.165, 1.54) is 0 Å². The number of aromatic nitrogens is 2. The van der Waals surface area contributed by atoms with Gasteiger partial charge < -0.3 is 38.2 Å². The molecule has 10 aliphatic rings. The Labute approximate surface area is 691 Å². The van der Waals surface area contributed by atoms with E-state index in [9.17, 15) is 55.2 Å². The first-order chi connectivity index (χ1) is 57.0. The maximum atomic E-state index is 14.8. The molecule has 0 spiro atoms. The van der Waals surface area contributed by atoms with Crippen LogP contribution >= 0.6 is 0 Å². The number of benzene rings is 4. The number of hydrogen-bond donors (Lipinski definition) is 2. The standard InChI is InChI=1S/C46H57N3O9S.C46H53N3O9S/c1-29-12-11-16-31-20-36-38(24-41(31)56-2)47-37(30-13-8-6-9-14-30)23-42(36)58-34-22-39-40(50)26-46(45(53)48-59(54,55)35-18-19-35)25-33(46)17-10-5-3-4-7-15-32(21-43(51)57-28-29)44(52)49(39)27-34;1-56-41-26-38-36-22-31(41)16-8-5-6-13-21-57-43(51)23-32-17-9-3-2-4-12-18-33-27-46(33,45(53)48-59(54,55)35-19-20-35)28-40(50)39-24-34(29-49(39)44(32)52)58-42(36)25-37(47-38)30-14-10-7-11-15-30/h6,8-9,13-14,20,23-24,29,32-35,39H,3-5,7,10-12,15-19,21-22,25-28H2,1-2H3,(H,48,53);7-8,10-12,14-16,18,22,25-26,32-35,39H,2-6,9,13,17,19-21,23-24,27-29H2,1H3,(H,48,53)/b;16-8+,18-12-/t29-,32-,33-,34-,39+,46-;32-,33-,34-,39+,46-/m11/s1. The van der Waals surface area contributed by atoms with Crippen molar-refractivity contribution in [3.63, 3.8) is 0 Å². The van der Waals surface area contributed by atoms with Crippen LogP contribution in [0, 0.1) is 40.4 Å². The van der Waals surface area contributed by atoms with E-state index in [1.807, 2.05) is 109 Å². The predicted octanol–water partition coefficient (Wildman–Crippen LogP) is 14.2. The maximum absolute atomic E-state index is 14.8. The molecular formula is C92H110N6O18S2. The summed E-state index contributed by atoms with van der Waals surface area (Å²) < 4.78 is 93.5. The highest BCUT2D eigenvalue weighted by Crippen LogP contribution is 2.60. The van der Waals surface area contributed by atoms with Gasteiger partial charge in [0.1, 0.15) is 35.2 Å².